The van der Waals surface area contributed by atoms with Crippen LogP contribution in [0.4, 0.5) is 0 Å². The summed E-state index contributed by atoms with van der Waals surface area (Å²) in [6.07, 6.45) is 0.504. The Bertz CT molecular complexity index is 191. The molecule has 0 radical (unpaired) electrons. The first kappa shape index (κ1) is 19.2. The Morgan fingerprint density at radius 3 is 2.12 bits per heavy atom. The number of esters is 1. The van der Waals surface area contributed by atoms with E-state index >= 15 is 0 Å². The van der Waals surface area contributed by atoms with Crippen molar-refractivity contribution in [2.24, 2.45) is 0 Å². The lowest BCUT2D eigenvalue weighted by atomic mass is 10.4. The molecule has 1 atom stereocenters. The Kier molecular flexibility index (Phi) is 15.7. The van der Waals surface area contributed by atoms with Gasteiger partial charge in [-0.2, -0.15) is 0 Å². The van der Waals surface area contributed by atoms with Crippen LogP contribution in [0.2, 0.25) is 0 Å². The summed E-state index contributed by atoms with van der Waals surface area (Å²) in [5.74, 6) is -0.496. The highest BCUT2D eigenvalue weighted by molar-refractivity contribution is 14.1. The first-order chi connectivity index (χ1) is 8.05. The van der Waals surface area contributed by atoms with Crippen molar-refractivity contribution in [1.82, 2.24) is 4.90 Å². The summed E-state index contributed by atoms with van der Waals surface area (Å²) in [6.45, 7) is 13.4. The van der Waals surface area contributed by atoms with Gasteiger partial charge in [-0.15, -0.1) is 0 Å². The summed E-state index contributed by atoms with van der Waals surface area (Å²) in [5.41, 5.74) is 0. The van der Waals surface area contributed by atoms with Gasteiger partial charge in [-0.25, -0.2) is 4.79 Å². The summed E-state index contributed by atoms with van der Waals surface area (Å²) < 4.78 is 5.09. The van der Waals surface area contributed by atoms with Gasteiger partial charge in [-0.1, -0.05) is 49.9 Å². The zero-order valence-corrected chi connectivity index (χ0v) is 13.1. The summed E-state index contributed by atoms with van der Waals surface area (Å²) in [6, 6.07) is 0. The van der Waals surface area contributed by atoms with Crippen molar-refractivity contribution in [3.05, 3.63) is 12.7 Å². The Morgan fingerprint density at radius 1 is 1.41 bits per heavy atom. The third-order valence-electron chi connectivity index (χ3n) is 2.10. The third kappa shape index (κ3) is 13.8. The quantitative estimate of drug-likeness (QED) is 0.327. The second-order valence-corrected chi connectivity index (χ2v) is 4.14. The van der Waals surface area contributed by atoms with Crippen LogP contribution in [-0.4, -0.2) is 52.7 Å². The molecule has 0 saturated heterocycles. The van der Waals surface area contributed by atoms with E-state index in [1.54, 1.807) is 0 Å². The fourth-order valence-corrected chi connectivity index (χ4v) is 1.21. The number of rotatable bonds is 7. The largest absolute Gasteiger partial charge is 0.460 e. The first-order valence-electron chi connectivity index (χ1n) is 5.81. The summed E-state index contributed by atoms with van der Waals surface area (Å²) in [5, 5.41) is 8.88. The fourth-order valence-electron chi connectivity index (χ4n) is 0.953. The molecule has 0 amide bonds. The van der Waals surface area contributed by atoms with Gasteiger partial charge in [0, 0.05) is 10.5 Å². The minimum Gasteiger partial charge on any atom is -0.460 e. The minimum absolute atomic E-state index is 0.0494. The van der Waals surface area contributed by atoms with Crippen molar-refractivity contribution in [1.29, 1.82) is 0 Å². The van der Waals surface area contributed by atoms with Crippen molar-refractivity contribution in [3.63, 3.8) is 0 Å². The highest BCUT2D eigenvalue weighted by Crippen LogP contribution is 1.92. The van der Waals surface area contributed by atoms with Crippen molar-refractivity contribution in [3.8, 4) is 0 Å². The lowest BCUT2D eigenvalue weighted by molar-refractivity contribution is -0.140. The molecule has 0 aromatic carbocycles. The third-order valence-corrected chi connectivity index (χ3v) is 3.12. The Hall–Kier alpha value is -0.140. The van der Waals surface area contributed by atoms with Gasteiger partial charge in [0.05, 0.1) is 6.10 Å². The molecule has 0 aliphatic rings. The number of nitrogens with zero attached hydrogens (tertiary/aromatic N) is 1. The van der Waals surface area contributed by atoms with Crippen LogP contribution in [0.25, 0.3) is 0 Å². The van der Waals surface area contributed by atoms with Crippen LogP contribution >= 0.6 is 22.6 Å². The lowest BCUT2D eigenvalue weighted by Crippen LogP contribution is -2.21. The van der Waals surface area contributed by atoms with Crippen LogP contribution in [0.3, 0.4) is 0 Å². The van der Waals surface area contributed by atoms with Crippen molar-refractivity contribution >= 4 is 28.6 Å². The summed E-state index contributed by atoms with van der Waals surface area (Å²) in [7, 11) is 0. The van der Waals surface area contributed by atoms with E-state index in [-0.39, 0.29) is 6.61 Å². The van der Waals surface area contributed by atoms with Gasteiger partial charge in [0.1, 0.15) is 6.61 Å². The maximum Gasteiger partial charge on any atom is 0.330 e. The summed E-state index contributed by atoms with van der Waals surface area (Å²) >= 11 is 2.01. The number of ether oxygens (including phenoxy) is 1. The number of aliphatic hydroxyl groups excluding tert-OH is 1. The van der Waals surface area contributed by atoms with Crippen LogP contribution in [0.15, 0.2) is 12.7 Å². The second-order valence-electron chi connectivity index (χ2n) is 3.26. The standard InChI is InChI=1S/C6H9IO3.C6H15N/c1-2-6(9)10-4-5(8)3-7;1-4-7(5-2)6-3/h2,5,8H,1,3-4H2;4-6H2,1-3H3. The molecule has 0 aromatic heterocycles. The average Bonchev–Trinajstić information content (AvgIpc) is 2.38. The molecule has 1 unspecified atom stereocenters. The minimum atomic E-state index is -0.565. The Balaban J connectivity index is 0. The molecule has 4 nitrogen and oxygen atoms in total. The molecular weight excluding hydrogens is 333 g/mol. The molecule has 0 aromatic rings. The van der Waals surface area contributed by atoms with E-state index in [1.807, 2.05) is 22.6 Å². The lowest BCUT2D eigenvalue weighted by Gasteiger charge is -2.13. The van der Waals surface area contributed by atoms with Crippen molar-refractivity contribution < 1.29 is 14.6 Å². The summed E-state index contributed by atoms with van der Waals surface area (Å²) in [4.78, 5) is 12.8. The molecule has 17 heavy (non-hydrogen) atoms. The van der Waals surface area contributed by atoms with Gasteiger partial charge in [0.2, 0.25) is 0 Å². The van der Waals surface area contributed by atoms with Crippen molar-refractivity contribution in [2.45, 2.75) is 26.9 Å². The Labute approximate surface area is 118 Å². The molecule has 1 N–H and O–H groups in total. The van der Waals surface area contributed by atoms with E-state index in [0.29, 0.717) is 4.43 Å². The topological polar surface area (TPSA) is 49.8 Å². The molecule has 0 saturated carbocycles. The molecule has 0 bridgehead atoms. The van der Waals surface area contributed by atoms with Crippen LogP contribution in [0.5, 0.6) is 0 Å². The molecule has 0 rings (SSSR count). The highest BCUT2D eigenvalue weighted by atomic mass is 127. The molecule has 0 spiro atoms. The smallest absolute Gasteiger partial charge is 0.330 e. The zero-order chi connectivity index (χ0) is 13.7. The van der Waals surface area contributed by atoms with Crippen LogP contribution in [0, 0.1) is 0 Å². The number of aliphatic hydroxyl groups is 1. The van der Waals surface area contributed by atoms with E-state index in [2.05, 4.69) is 37.0 Å². The van der Waals surface area contributed by atoms with Gasteiger partial charge in [0.25, 0.3) is 0 Å². The van der Waals surface area contributed by atoms with Crippen molar-refractivity contribution in [2.75, 3.05) is 30.7 Å². The molecule has 5 heteroatoms. The molecular formula is C12H24INO3. The van der Waals surface area contributed by atoms with Crippen LogP contribution < -0.4 is 0 Å². The number of carbonyl (C=O) groups is 1. The van der Waals surface area contributed by atoms with E-state index in [4.69, 9.17) is 5.11 Å². The SMILES string of the molecule is C=CC(=O)OCC(O)CI.CCN(CC)CC. The normalized spacial score (nSPS) is 11.4. The number of carbonyl (C=O) groups excluding carboxylic acids is 1. The van der Waals surface area contributed by atoms with Gasteiger partial charge in [-0.3, -0.25) is 0 Å². The molecule has 0 fully saturated rings. The first-order valence-corrected chi connectivity index (χ1v) is 7.33. The van der Waals surface area contributed by atoms with E-state index in [1.165, 1.54) is 19.6 Å². The van der Waals surface area contributed by atoms with E-state index in [0.717, 1.165) is 6.08 Å². The van der Waals surface area contributed by atoms with Gasteiger partial charge in [-0.05, 0) is 19.6 Å². The van der Waals surface area contributed by atoms with Crippen LogP contribution in [0.1, 0.15) is 20.8 Å². The zero-order valence-electron chi connectivity index (χ0n) is 11.0. The molecule has 102 valence electrons. The number of halogens is 1. The monoisotopic (exact) mass is 357 g/mol. The van der Waals surface area contributed by atoms with Gasteiger partial charge in [0.15, 0.2) is 0 Å². The second kappa shape index (κ2) is 13.9. The fraction of sp³-hybridized carbons (Fsp3) is 0.750. The van der Waals surface area contributed by atoms with E-state index < -0.39 is 12.1 Å². The van der Waals surface area contributed by atoms with E-state index in [9.17, 15) is 4.79 Å². The number of alkyl halides is 1. The predicted molar refractivity (Wildman–Crippen MR) is 79.5 cm³/mol. The maximum atomic E-state index is 10.4. The highest BCUT2D eigenvalue weighted by Gasteiger charge is 2.03. The Morgan fingerprint density at radius 2 is 1.88 bits per heavy atom. The number of hydrogen-bond acceptors (Lipinski definition) is 4. The molecule has 0 aliphatic carbocycles. The van der Waals surface area contributed by atoms with Crippen LogP contribution in [-0.2, 0) is 9.53 Å². The molecule has 0 aliphatic heterocycles. The van der Waals surface area contributed by atoms with Gasteiger partial charge >= 0.3 is 5.97 Å². The average molecular weight is 357 g/mol. The maximum absolute atomic E-state index is 10.4. The number of hydrogen-bond donors (Lipinski definition) is 1. The predicted octanol–water partition coefficient (Wildman–Crippen LogP) is 1.86. The molecule has 0 heterocycles. The van der Waals surface area contributed by atoms with Gasteiger partial charge < -0.3 is 14.7 Å².